The van der Waals surface area contributed by atoms with Crippen molar-refractivity contribution in [2.24, 2.45) is 0 Å². The predicted molar refractivity (Wildman–Crippen MR) is 70.1 cm³/mol. The van der Waals surface area contributed by atoms with Gasteiger partial charge in [-0.3, -0.25) is 4.79 Å². The van der Waals surface area contributed by atoms with E-state index in [0.29, 0.717) is 19.6 Å². The number of rotatable bonds is 5. The highest BCUT2D eigenvalue weighted by atomic mass is 79.9. The first-order chi connectivity index (χ1) is 8.57. The van der Waals surface area contributed by atoms with Crippen molar-refractivity contribution in [3.8, 4) is 5.75 Å². The van der Waals surface area contributed by atoms with E-state index in [1.807, 2.05) is 18.2 Å². The lowest BCUT2D eigenvalue weighted by Gasteiger charge is -2.42. The summed E-state index contributed by atoms with van der Waals surface area (Å²) in [4.78, 5) is 10.8. The first-order valence-electron chi connectivity index (χ1n) is 5.71. The van der Waals surface area contributed by atoms with Crippen molar-refractivity contribution in [3.05, 3.63) is 28.2 Å². The fourth-order valence-corrected chi connectivity index (χ4v) is 2.58. The molecular formula is C13H15BrO4. The van der Waals surface area contributed by atoms with Gasteiger partial charge in [-0.15, -0.1) is 0 Å². The number of hydrogen-bond acceptors (Lipinski definition) is 3. The van der Waals surface area contributed by atoms with E-state index < -0.39 is 5.97 Å². The molecule has 0 saturated carbocycles. The minimum Gasteiger partial charge on any atom is -0.496 e. The third-order valence-electron chi connectivity index (χ3n) is 3.31. The molecule has 0 atom stereocenters. The molecule has 1 fully saturated rings. The second kappa shape index (κ2) is 5.28. The minimum atomic E-state index is -0.782. The number of halogens is 1. The third kappa shape index (κ3) is 2.52. The largest absolute Gasteiger partial charge is 0.496 e. The van der Waals surface area contributed by atoms with Gasteiger partial charge in [-0.1, -0.05) is 15.9 Å². The molecule has 0 radical (unpaired) electrons. The van der Waals surface area contributed by atoms with Crippen LogP contribution in [-0.2, 0) is 14.9 Å². The van der Waals surface area contributed by atoms with Crippen LogP contribution in [0, 0.1) is 0 Å². The van der Waals surface area contributed by atoms with Gasteiger partial charge < -0.3 is 14.6 Å². The number of methoxy groups -OCH3 is 1. The molecule has 1 heterocycles. The summed E-state index contributed by atoms with van der Waals surface area (Å²) in [6.07, 6.45) is 0.703. The van der Waals surface area contributed by atoms with Crippen molar-refractivity contribution in [1.82, 2.24) is 0 Å². The summed E-state index contributed by atoms with van der Waals surface area (Å²) in [6, 6.07) is 5.79. The molecule has 0 aliphatic carbocycles. The van der Waals surface area contributed by atoms with Crippen molar-refractivity contribution in [1.29, 1.82) is 0 Å². The minimum absolute atomic E-state index is 0.138. The predicted octanol–water partition coefficient (Wildman–Crippen LogP) is 2.59. The maximum atomic E-state index is 10.8. The second-order valence-electron chi connectivity index (χ2n) is 4.51. The van der Waals surface area contributed by atoms with Gasteiger partial charge in [-0.05, 0) is 24.6 Å². The first kappa shape index (κ1) is 13.4. The molecule has 18 heavy (non-hydrogen) atoms. The molecule has 1 aliphatic rings. The molecule has 1 saturated heterocycles. The van der Waals surface area contributed by atoms with Gasteiger partial charge >= 0.3 is 5.97 Å². The van der Waals surface area contributed by atoms with Gasteiger partial charge in [-0.25, -0.2) is 0 Å². The number of carbonyl (C=O) groups is 1. The Balaban J connectivity index is 2.31. The molecule has 98 valence electrons. The Morgan fingerprint density at radius 2 is 2.28 bits per heavy atom. The molecule has 1 aromatic rings. The Morgan fingerprint density at radius 1 is 1.56 bits per heavy atom. The first-order valence-corrected chi connectivity index (χ1v) is 6.50. The zero-order chi connectivity index (χ0) is 13.2. The normalized spacial score (nSPS) is 17.0. The van der Waals surface area contributed by atoms with Crippen molar-refractivity contribution in [3.63, 3.8) is 0 Å². The maximum absolute atomic E-state index is 10.8. The molecule has 1 aliphatic heterocycles. The topological polar surface area (TPSA) is 55.8 Å². The highest BCUT2D eigenvalue weighted by molar-refractivity contribution is 9.10. The van der Waals surface area contributed by atoms with Gasteiger partial charge in [0.25, 0.3) is 0 Å². The van der Waals surface area contributed by atoms with Crippen LogP contribution in [-0.4, -0.2) is 31.4 Å². The molecule has 1 N–H and O–H groups in total. The number of carboxylic acid groups (broad SMARTS) is 1. The zero-order valence-electron chi connectivity index (χ0n) is 10.1. The molecule has 0 aromatic heterocycles. The standard InChI is InChI=1S/C13H15BrO4/c1-17-11-3-2-9(14)6-10(11)13(7-18-8-13)5-4-12(15)16/h2-3,6H,4-5,7-8H2,1H3,(H,15,16). The summed E-state index contributed by atoms with van der Waals surface area (Å²) < 4.78 is 11.6. The van der Waals surface area contributed by atoms with Crippen LogP contribution in [0.15, 0.2) is 22.7 Å². The van der Waals surface area contributed by atoms with Gasteiger partial charge in [0.15, 0.2) is 0 Å². The molecule has 0 amide bonds. The fraction of sp³-hybridized carbons (Fsp3) is 0.462. The van der Waals surface area contributed by atoms with Crippen LogP contribution >= 0.6 is 15.9 Å². The lowest BCUT2D eigenvalue weighted by molar-refractivity contribution is -0.139. The Kier molecular flexibility index (Phi) is 3.92. The number of hydrogen-bond donors (Lipinski definition) is 1. The summed E-state index contributed by atoms with van der Waals surface area (Å²) >= 11 is 3.44. The smallest absolute Gasteiger partial charge is 0.303 e. The van der Waals surface area contributed by atoms with Crippen LogP contribution in [0.4, 0.5) is 0 Å². The van der Waals surface area contributed by atoms with Gasteiger partial charge in [0.05, 0.1) is 20.3 Å². The Morgan fingerprint density at radius 3 is 2.78 bits per heavy atom. The van der Waals surface area contributed by atoms with E-state index in [1.165, 1.54) is 0 Å². The average Bonchev–Trinajstić information content (AvgIpc) is 2.27. The quantitative estimate of drug-likeness (QED) is 0.907. The Hall–Kier alpha value is -1.07. The van der Waals surface area contributed by atoms with Gasteiger partial charge in [0.1, 0.15) is 5.75 Å². The van der Waals surface area contributed by atoms with Crippen LogP contribution in [0.3, 0.4) is 0 Å². The Bertz CT molecular complexity index is 454. The van der Waals surface area contributed by atoms with E-state index >= 15 is 0 Å². The van der Waals surface area contributed by atoms with Crippen molar-refractivity contribution in [2.45, 2.75) is 18.3 Å². The lowest BCUT2D eigenvalue weighted by Crippen LogP contribution is -2.47. The molecule has 0 bridgehead atoms. The second-order valence-corrected chi connectivity index (χ2v) is 5.43. The zero-order valence-corrected chi connectivity index (χ0v) is 11.7. The van der Waals surface area contributed by atoms with E-state index in [-0.39, 0.29) is 11.8 Å². The molecule has 4 nitrogen and oxygen atoms in total. The van der Waals surface area contributed by atoms with Crippen LogP contribution in [0.25, 0.3) is 0 Å². The summed E-state index contributed by atoms with van der Waals surface area (Å²) in [5.74, 6) is 0.00197. The number of carboxylic acids is 1. The molecular weight excluding hydrogens is 300 g/mol. The molecule has 1 aromatic carbocycles. The van der Waals surface area contributed by atoms with E-state index in [2.05, 4.69) is 15.9 Å². The monoisotopic (exact) mass is 314 g/mol. The molecule has 0 unspecified atom stereocenters. The highest BCUT2D eigenvalue weighted by Crippen LogP contribution is 2.42. The summed E-state index contributed by atoms with van der Waals surface area (Å²) in [5, 5.41) is 8.84. The van der Waals surface area contributed by atoms with Crippen LogP contribution in [0.2, 0.25) is 0 Å². The summed E-state index contributed by atoms with van der Waals surface area (Å²) in [6.45, 7) is 1.10. The molecule has 2 rings (SSSR count). The van der Waals surface area contributed by atoms with Crippen molar-refractivity contribution < 1.29 is 19.4 Å². The lowest BCUT2D eigenvalue weighted by atomic mass is 9.74. The van der Waals surface area contributed by atoms with Crippen LogP contribution < -0.4 is 4.74 Å². The van der Waals surface area contributed by atoms with Crippen LogP contribution in [0.5, 0.6) is 5.75 Å². The number of ether oxygens (including phenoxy) is 2. The Labute approximate surface area is 114 Å². The van der Waals surface area contributed by atoms with E-state index in [1.54, 1.807) is 7.11 Å². The van der Waals surface area contributed by atoms with Crippen molar-refractivity contribution >= 4 is 21.9 Å². The van der Waals surface area contributed by atoms with Crippen LogP contribution in [0.1, 0.15) is 18.4 Å². The van der Waals surface area contributed by atoms with E-state index in [0.717, 1.165) is 15.8 Å². The average molecular weight is 315 g/mol. The highest BCUT2D eigenvalue weighted by Gasteiger charge is 2.42. The maximum Gasteiger partial charge on any atom is 0.303 e. The SMILES string of the molecule is COc1ccc(Br)cc1C1(CCC(=O)O)COC1. The third-order valence-corrected chi connectivity index (χ3v) is 3.80. The van der Waals surface area contributed by atoms with Gasteiger partial charge in [0.2, 0.25) is 0 Å². The number of benzene rings is 1. The van der Waals surface area contributed by atoms with Crippen molar-refractivity contribution in [2.75, 3.05) is 20.3 Å². The molecule has 5 heteroatoms. The van der Waals surface area contributed by atoms with E-state index in [9.17, 15) is 4.79 Å². The summed E-state index contributed by atoms with van der Waals surface area (Å²) in [5.41, 5.74) is 0.792. The van der Waals surface area contributed by atoms with Gasteiger partial charge in [-0.2, -0.15) is 0 Å². The van der Waals surface area contributed by atoms with Gasteiger partial charge in [0, 0.05) is 21.9 Å². The number of aliphatic carboxylic acids is 1. The van der Waals surface area contributed by atoms with E-state index in [4.69, 9.17) is 14.6 Å². The molecule has 0 spiro atoms. The summed E-state index contributed by atoms with van der Waals surface area (Å²) in [7, 11) is 1.62. The fourth-order valence-electron chi connectivity index (χ4n) is 2.22.